The van der Waals surface area contributed by atoms with Crippen molar-refractivity contribution in [2.45, 2.75) is 44.4 Å². The van der Waals surface area contributed by atoms with Gasteiger partial charge in [-0.1, -0.05) is 25.1 Å². The van der Waals surface area contributed by atoms with Crippen LogP contribution in [0.15, 0.2) is 24.3 Å². The largest absolute Gasteiger partial charge is 0.493 e. The summed E-state index contributed by atoms with van der Waals surface area (Å²) in [5.41, 5.74) is 1.31. The molecule has 0 amide bonds. The first-order valence-corrected chi connectivity index (χ1v) is 7.92. The molecule has 0 bridgehead atoms. The molecule has 1 aliphatic carbocycles. The Hall–Kier alpha value is -1.06. The highest BCUT2D eigenvalue weighted by Gasteiger charge is 2.42. The van der Waals surface area contributed by atoms with Gasteiger partial charge in [-0.2, -0.15) is 0 Å². The summed E-state index contributed by atoms with van der Waals surface area (Å²) in [6.45, 7) is 3.99. The van der Waals surface area contributed by atoms with Gasteiger partial charge in [0, 0.05) is 30.2 Å². The van der Waals surface area contributed by atoms with E-state index < -0.39 is 0 Å². The standard InChI is InChI=1S/C17H23NO2/c1-11-10-20-15-5-3-2-4-13(15)16(11)18-14-8-9-19-17(14)12-6-7-12/h2-5,11-12,14,16-18H,6-10H2,1H3. The molecule has 0 radical (unpaired) electrons. The number of hydrogen-bond acceptors (Lipinski definition) is 3. The summed E-state index contributed by atoms with van der Waals surface area (Å²) in [6, 6.07) is 9.36. The van der Waals surface area contributed by atoms with Crippen LogP contribution in [0, 0.1) is 11.8 Å². The van der Waals surface area contributed by atoms with Crippen molar-refractivity contribution in [3.63, 3.8) is 0 Å². The van der Waals surface area contributed by atoms with E-state index in [0.717, 1.165) is 31.3 Å². The average Bonchev–Trinajstić information content (AvgIpc) is 3.22. The number of fused-ring (bicyclic) bond motifs is 1. The minimum absolute atomic E-state index is 0.396. The third-order valence-corrected chi connectivity index (χ3v) is 4.94. The molecular formula is C17H23NO2. The Kier molecular flexibility index (Phi) is 3.20. The summed E-state index contributed by atoms with van der Waals surface area (Å²) in [4.78, 5) is 0. The molecule has 20 heavy (non-hydrogen) atoms. The van der Waals surface area contributed by atoms with Gasteiger partial charge >= 0.3 is 0 Å². The Morgan fingerprint density at radius 2 is 2.00 bits per heavy atom. The molecule has 1 saturated carbocycles. The third-order valence-electron chi connectivity index (χ3n) is 4.94. The molecule has 3 aliphatic rings. The maximum absolute atomic E-state index is 5.96. The van der Waals surface area contributed by atoms with Gasteiger partial charge in [-0.15, -0.1) is 0 Å². The highest BCUT2D eigenvalue weighted by molar-refractivity contribution is 5.38. The highest BCUT2D eigenvalue weighted by Crippen LogP contribution is 2.41. The number of rotatable bonds is 3. The summed E-state index contributed by atoms with van der Waals surface area (Å²) in [5.74, 6) is 2.36. The van der Waals surface area contributed by atoms with Crippen molar-refractivity contribution >= 4 is 0 Å². The zero-order valence-electron chi connectivity index (χ0n) is 12.0. The minimum atomic E-state index is 0.396. The minimum Gasteiger partial charge on any atom is -0.493 e. The van der Waals surface area contributed by atoms with Gasteiger partial charge in [-0.25, -0.2) is 0 Å². The molecule has 1 aromatic carbocycles. The molecule has 4 atom stereocenters. The molecule has 2 aliphatic heterocycles. The molecular weight excluding hydrogens is 250 g/mol. The van der Waals surface area contributed by atoms with Crippen LogP contribution in [0.4, 0.5) is 0 Å². The monoisotopic (exact) mass is 273 g/mol. The fourth-order valence-electron chi connectivity index (χ4n) is 3.66. The zero-order valence-corrected chi connectivity index (χ0v) is 12.0. The van der Waals surface area contributed by atoms with E-state index in [1.54, 1.807) is 0 Å². The molecule has 4 unspecified atom stereocenters. The van der Waals surface area contributed by atoms with Crippen molar-refractivity contribution in [2.24, 2.45) is 11.8 Å². The summed E-state index contributed by atoms with van der Waals surface area (Å²) in [6.07, 6.45) is 4.29. The molecule has 0 aromatic heterocycles. The summed E-state index contributed by atoms with van der Waals surface area (Å²) < 4.78 is 11.8. The van der Waals surface area contributed by atoms with Crippen LogP contribution >= 0.6 is 0 Å². The van der Waals surface area contributed by atoms with E-state index in [2.05, 4.69) is 36.5 Å². The average molecular weight is 273 g/mol. The first-order chi connectivity index (χ1) is 9.83. The number of ether oxygens (including phenoxy) is 2. The Morgan fingerprint density at radius 3 is 2.85 bits per heavy atom. The molecule has 2 heterocycles. The van der Waals surface area contributed by atoms with Crippen LogP contribution in [0.25, 0.3) is 0 Å². The fourth-order valence-corrected chi connectivity index (χ4v) is 3.66. The van der Waals surface area contributed by atoms with Crippen molar-refractivity contribution in [1.82, 2.24) is 5.32 Å². The van der Waals surface area contributed by atoms with Gasteiger partial charge in [0.25, 0.3) is 0 Å². The number of hydrogen-bond donors (Lipinski definition) is 1. The molecule has 3 heteroatoms. The van der Waals surface area contributed by atoms with Gasteiger partial charge in [0.15, 0.2) is 0 Å². The predicted octanol–water partition coefficient (Wildman–Crippen LogP) is 2.91. The lowest BCUT2D eigenvalue weighted by atomic mass is 9.90. The SMILES string of the molecule is CC1COc2ccccc2C1NC1CCOC1C1CC1. The highest BCUT2D eigenvalue weighted by atomic mass is 16.5. The maximum atomic E-state index is 5.96. The smallest absolute Gasteiger partial charge is 0.124 e. The summed E-state index contributed by atoms with van der Waals surface area (Å²) >= 11 is 0. The van der Waals surface area contributed by atoms with E-state index in [-0.39, 0.29) is 0 Å². The second kappa shape index (κ2) is 5.05. The molecule has 1 saturated heterocycles. The van der Waals surface area contributed by atoms with Crippen LogP contribution in [0.2, 0.25) is 0 Å². The second-order valence-electron chi connectivity index (χ2n) is 6.54. The van der Waals surface area contributed by atoms with E-state index in [0.29, 0.717) is 24.1 Å². The molecule has 1 aromatic rings. The van der Waals surface area contributed by atoms with Crippen LogP contribution in [0.5, 0.6) is 5.75 Å². The van der Waals surface area contributed by atoms with Gasteiger partial charge < -0.3 is 14.8 Å². The first kappa shape index (κ1) is 12.7. The van der Waals surface area contributed by atoms with E-state index in [4.69, 9.17) is 9.47 Å². The van der Waals surface area contributed by atoms with Crippen molar-refractivity contribution in [2.75, 3.05) is 13.2 Å². The van der Waals surface area contributed by atoms with Crippen LogP contribution < -0.4 is 10.1 Å². The lowest BCUT2D eigenvalue weighted by Crippen LogP contribution is -2.44. The van der Waals surface area contributed by atoms with Gasteiger partial charge in [0.2, 0.25) is 0 Å². The van der Waals surface area contributed by atoms with Crippen molar-refractivity contribution in [3.8, 4) is 5.75 Å². The predicted molar refractivity (Wildman–Crippen MR) is 77.8 cm³/mol. The number of benzene rings is 1. The van der Waals surface area contributed by atoms with Gasteiger partial charge in [0.1, 0.15) is 5.75 Å². The van der Waals surface area contributed by atoms with Crippen LogP contribution in [0.1, 0.15) is 37.8 Å². The lowest BCUT2D eigenvalue weighted by Gasteiger charge is -2.35. The van der Waals surface area contributed by atoms with Gasteiger partial charge in [-0.3, -0.25) is 0 Å². The van der Waals surface area contributed by atoms with Crippen molar-refractivity contribution < 1.29 is 9.47 Å². The molecule has 2 fully saturated rings. The first-order valence-electron chi connectivity index (χ1n) is 7.92. The quantitative estimate of drug-likeness (QED) is 0.918. The fraction of sp³-hybridized carbons (Fsp3) is 0.647. The molecule has 108 valence electrons. The van der Waals surface area contributed by atoms with E-state index in [1.165, 1.54) is 18.4 Å². The van der Waals surface area contributed by atoms with Crippen LogP contribution in [0.3, 0.4) is 0 Å². The van der Waals surface area contributed by atoms with Crippen molar-refractivity contribution in [3.05, 3.63) is 29.8 Å². The number of nitrogens with one attached hydrogen (secondary N) is 1. The summed E-state index contributed by atoms with van der Waals surface area (Å²) in [7, 11) is 0. The van der Waals surface area contributed by atoms with Gasteiger partial charge in [-0.05, 0) is 31.2 Å². The summed E-state index contributed by atoms with van der Waals surface area (Å²) in [5, 5.41) is 3.89. The van der Waals surface area contributed by atoms with Crippen LogP contribution in [-0.2, 0) is 4.74 Å². The second-order valence-corrected chi connectivity index (χ2v) is 6.54. The molecule has 0 spiro atoms. The normalized spacial score (nSPS) is 36.5. The lowest BCUT2D eigenvalue weighted by molar-refractivity contribution is 0.0737. The van der Waals surface area contributed by atoms with E-state index in [9.17, 15) is 0 Å². The maximum Gasteiger partial charge on any atom is 0.124 e. The Labute approximate surface area is 120 Å². The molecule has 3 nitrogen and oxygen atoms in total. The zero-order chi connectivity index (χ0) is 13.5. The van der Waals surface area contributed by atoms with E-state index in [1.807, 2.05) is 0 Å². The Morgan fingerprint density at radius 1 is 1.15 bits per heavy atom. The van der Waals surface area contributed by atoms with Crippen LogP contribution in [-0.4, -0.2) is 25.4 Å². The number of para-hydroxylation sites is 1. The Bertz CT molecular complexity index is 486. The molecule has 1 N–H and O–H groups in total. The Balaban J connectivity index is 1.55. The topological polar surface area (TPSA) is 30.5 Å². The van der Waals surface area contributed by atoms with Crippen molar-refractivity contribution in [1.29, 1.82) is 0 Å². The molecule has 4 rings (SSSR count). The third kappa shape index (κ3) is 2.23. The van der Waals surface area contributed by atoms with Gasteiger partial charge in [0.05, 0.1) is 12.7 Å². The van der Waals surface area contributed by atoms with E-state index >= 15 is 0 Å².